The van der Waals surface area contributed by atoms with Crippen LogP contribution in [0.25, 0.3) is 0 Å². The molecular weight excluding hydrogens is 206 g/mol. The molecule has 1 aliphatic heterocycles. The molecule has 1 fully saturated rings. The Labute approximate surface area is 95.4 Å². The molecule has 2 rings (SSSR count). The molecular formula is C10H19N5O. The Kier molecular flexibility index (Phi) is 4.24. The molecule has 0 radical (unpaired) electrons. The van der Waals surface area contributed by atoms with Crippen LogP contribution in [0.2, 0.25) is 0 Å². The smallest absolute Gasteiger partial charge is 0.165 e. The third kappa shape index (κ3) is 2.99. The predicted octanol–water partition coefficient (Wildman–Crippen LogP) is 0.352. The monoisotopic (exact) mass is 225 g/mol. The number of rotatable bonds is 5. The number of ether oxygens (including phenoxy) is 1. The summed E-state index contributed by atoms with van der Waals surface area (Å²) in [4.78, 5) is 0. The zero-order valence-electron chi connectivity index (χ0n) is 9.72. The van der Waals surface area contributed by atoms with Gasteiger partial charge >= 0.3 is 0 Å². The van der Waals surface area contributed by atoms with Gasteiger partial charge in [-0.1, -0.05) is 0 Å². The summed E-state index contributed by atoms with van der Waals surface area (Å²) >= 11 is 0. The van der Waals surface area contributed by atoms with E-state index in [-0.39, 0.29) is 0 Å². The molecule has 1 aromatic rings. The van der Waals surface area contributed by atoms with Crippen molar-refractivity contribution >= 4 is 0 Å². The molecule has 0 aliphatic carbocycles. The van der Waals surface area contributed by atoms with Crippen molar-refractivity contribution in [1.82, 2.24) is 25.5 Å². The standard InChI is InChI=1S/C10H19N5O/c1-11-8-10-12-13-14-15(10)6-5-9-4-2-3-7-16-9/h9,11H,2-8H2,1H3. The van der Waals surface area contributed by atoms with Crippen LogP contribution in [0.4, 0.5) is 0 Å². The molecule has 90 valence electrons. The predicted molar refractivity (Wildman–Crippen MR) is 58.8 cm³/mol. The van der Waals surface area contributed by atoms with Crippen LogP contribution in [0.3, 0.4) is 0 Å². The molecule has 0 aromatic carbocycles. The Morgan fingerprint density at radius 2 is 2.44 bits per heavy atom. The largest absolute Gasteiger partial charge is 0.378 e. The highest BCUT2D eigenvalue weighted by Crippen LogP contribution is 2.16. The fourth-order valence-corrected chi connectivity index (χ4v) is 1.98. The Morgan fingerprint density at radius 1 is 1.50 bits per heavy atom. The second-order valence-corrected chi connectivity index (χ2v) is 4.13. The molecule has 0 amide bonds. The zero-order valence-corrected chi connectivity index (χ0v) is 9.72. The fraction of sp³-hybridized carbons (Fsp3) is 0.900. The average molecular weight is 225 g/mol. The van der Waals surface area contributed by atoms with Crippen LogP contribution in [0.1, 0.15) is 31.5 Å². The van der Waals surface area contributed by atoms with Gasteiger partial charge < -0.3 is 10.1 Å². The molecule has 6 nitrogen and oxygen atoms in total. The summed E-state index contributed by atoms with van der Waals surface area (Å²) in [6.07, 6.45) is 5.04. The Morgan fingerprint density at radius 3 is 3.19 bits per heavy atom. The van der Waals surface area contributed by atoms with Crippen LogP contribution in [0.5, 0.6) is 0 Å². The van der Waals surface area contributed by atoms with E-state index in [0.717, 1.165) is 25.4 Å². The minimum absolute atomic E-state index is 0.389. The lowest BCUT2D eigenvalue weighted by molar-refractivity contribution is 0.00806. The molecule has 1 N–H and O–H groups in total. The van der Waals surface area contributed by atoms with Crippen LogP contribution in [-0.2, 0) is 17.8 Å². The topological polar surface area (TPSA) is 64.9 Å². The van der Waals surface area contributed by atoms with Crippen molar-refractivity contribution in [2.24, 2.45) is 0 Å². The summed E-state index contributed by atoms with van der Waals surface area (Å²) in [6.45, 7) is 2.46. The SMILES string of the molecule is CNCc1nnnn1CCC1CCCCO1. The third-order valence-electron chi connectivity index (χ3n) is 2.88. The number of nitrogens with one attached hydrogen (secondary N) is 1. The van der Waals surface area contributed by atoms with Gasteiger partial charge in [0.15, 0.2) is 5.82 Å². The van der Waals surface area contributed by atoms with Gasteiger partial charge in [0.1, 0.15) is 0 Å². The molecule has 1 atom stereocenters. The summed E-state index contributed by atoms with van der Waals surface area (Å²) < 4.78 is 7.53. The van der Waals surface area contributed by atoms with E-state index < -0.39 is 0 Å². The van der Waals surface area contributed by atoms with Crippen molar-refractivity contribution in [3.8, 4) is 0 Å². The van der Waals surface area contributed by atoms with Gasteiger partial charge in [-0.2, -0.15) is 0 Å². The number of hydrogen-bond donors (Lipinski definition) is 1. The molecule has 1 unspecified atom stereocenters. The van der Waals surface area contributed by atoms with Gasteiger partial charge in [-0.05, 0) is 43.2 Å². The van der Waals surface area contributed by atoms with E-state index in [0.29, 0.717) is 12.6 Å². The highest BCUT2D eigenvalue weighted by Gasteiger charge is 2.14. The zero-order chi connectivity index (χ0) is 11.2. The number of aromatic nitrogens is 4. The maximum Gasteiger partial charge on any atom is 0.165 e. The molecule has 0 saturated carbocycles. The van der Waals surface area contributed by atoms with Crippen molar-refractivity contribution in [2.75, 3.05) is 13.7 Å². The van der Waals surface area contributed by atoms with Crippen LogP contribution < -0.4 is 5.32 Å². The van der Waals surface area contributed by atoms with Gasteiger partial charge in [0, 0.05) is 13.2 Å². The number of tetrazole rings is 1. The first-order valence-corrected chi connectivity index (χ1v) is 5.91. The van der Waals surface area contributed by atoms with E-state index in [4.69, 9.17) is 4.74 Å². The highest BCUT2D eigenvalue weighted by atomic mass is 16.5. The van der Waals surface area contributed by atoms with E-state index >= 15 is 0 Å². The fourth-order valence-electron chi connectivity index (χ4n) is 1.98. The van der Waals surface area contributed by atoms with Crippen LogP contribution in [0.15, 0.2) is 0 Å². The highest BCUT2D eigenvalue weighted by molar-refractivity contribution is 4.79. The van der Waals surface area contributed by atoms with E-state index in [2.05, 4.69) is 20.8 Å². The van der Waals surface area contributed by atoms with E-state index in [1.807, 2.05) is 11.7 Å². The Balaban J connectivity index is 1.81. The maximum atomic E-state index is 5.68. The first-order valence-electron chi connectivity index (χ1n) is 5.91. The maximum absolute atomic E-state index is 5.68. The van der Waals surface area contributed by atoms with Crippen LogP contribution in [-0.4, -0.2) is 40.0 Å². The lowest BCUT2D eigenvalue weighted by atomic mass is 10.1. The van der Waals surface area contributed by atoms with Gasteiger partial charge in [0.05, 0.1) is 12.6 Å². The van der Waals surface area contributed by atoms with Gasteiger partial charge in [-0.15, -0.1) is 5.10 Å². The van der Waals surface area contributed by atoms with Crippen molar-refractivity contribution in [3.05, 3.63) is 5.82 Å². The summed E-state index contributed by atoms with van der Waals surface area (Å²) in [5.41, 5.74) is 0. The second kappa shape index (κ2) is 5.91. The summed E-state index contributed by atoms with van der Waals surface area (Å²) in [5.74, 6) is 0.887. The lowest BCUT2D eigenvalue weighted by Gasteiger charge is -2.22. The third-order valence-corrected chi connectivity index (χ3v) is 2.88. The summed E-state index contributed by atoms with van der Waals surface area (Å²) in [5, 5.41) is 14.7. The first kappa shape index (κ1) is 11.5. The number of nitrogens with zero attached hydrogens (tertiary/aromatic N) is 4. The van der Waals surface area contributed by atoms with Crippen LogP contribution >= 0.6 is 0 Å². The van der Waals surface area contributed by atoms with Crippen molar-refractivity contribution in [3.63, 3.8) is 0 Å². The summed E-state index contributed by atoms with van der Waals surface area (Å²) in [6, 6.07) is 0. The molecule has 16 heavy (non-hydrogen) atoms. The van der Waals surface area contributed by atoms with Crippen molar-refractivity contribution in [2.45, 2.75) is 44.9 Å². The lowest BCUT2D eigenvalue weighted by Crippen LogP contribution is -2.22. The van der Waals surface area contributed by atoms with Gasteiger partial charge in [0.25, 0.3) is 0 Å². The van der Waals surface area contributed by atoms with Crippen molar-refractivity contribution < 1.29 is 4.74 Å². The van der Waals surface area contributed by atoms with Gasteiger partial charge in [0.2, 0.25) is 0 Å². The number of hydrogen-bond acceptors (Lipinski definition) is 5. The molecule has 0 bridgehead atoms. The first-order chi connectivity index (χ1) is 7.90. The van der Waals surface area contributed by atoms with E-state index in [1.54, 1.807) is 0 Å². The normalized spacial score (nSPS) is 21.2. The van der Waals surface area contributed by atoms with E-state index in [1.165, 1.54) is 19.3 Å². The molecule has 0 spiro atoms. The molecule has 2 heterocycles. The Bertz CT molecular complexity index is 308. The van der Waals surface area contributed by atoms with Gasteiger partial charge in [-0.3, -0.25) is 0 Å². The Hall–Kier alpha value is -1.01. The molecule has 1 aromatic heterocycles. The van der Waals surface area contributed by atoms with Gasteiger partial charge in [-0.25, -0.2) is 4.68 Å². The second-order valence-electron chi connectivity index (χ2n) is 4.13. The minimum atomic E-state index is 0.389. The average Bonchev–Trinajstić information content (AvgIpc) is 2.76. The summed E-state index contributed by atoms with van der Waals surface area (Å²) in [7, 11) is 1.89. The molecule has 1 saturated heterocycles. The molecule has 1 aliphatic rings. The van der Waals surface area contributed by atoms with E-state index in [9.17, 15) is 0 Å². The van der Waals surface area contributed by atoms with Crippen LogP contribution in [0, 0.1) is 0 Å². The quantitative estimate of drug-likeness (QED) is 0.783. The molecule has 6 heteroatoms. The minimum Gasteiger partial charge on any atom is -0.378 e. The van der Waals surface area contributed by atoms with Crippen molar-refractivity contribution in [1.29, 1.82) is 0 Å². The number of aryl methyl sites for hydroxylation is 1.